The van der Waals surface area contributed by atoms with E-state index in [-0.39, 0.29) is 5.75 Å². The number of nitro groups is 1. The first kappa shape index (κ1) is 12.7. The molecule has 0 spiro atoms. The van der Waals surface area contributed by atoms with Crippen LogP contribution in [0.25, 0.3) is 11.1 Å². The van der Waals surface area contributed by atoms with Gasteiger partial charge in [-0.25, -0.2) is 0 Å². The van der Waals surface area contributed by atoms with Gasteiger partial charge in [-0.05, 0) is 29.3 Å². The number of nitrogens with two attached hydrogens (primary N) is 1. The molecule has 0 saturated carbocycles. The van der Waals surface area contributed by atoms with Crippen LogP contribution in [-0.2, 0) is 0 Å². The first-order valence-corrected chi connectivity index (χ1v) is 5.44. The van der Waals surface area contributed by atoms with E-state index in [2.05, 4.69) is 0 Å². The zero-order valence-electron chi connectivity index (χ0n) is 10.2. The van der Waals surface area contributed by atoms with Gasteiger partial charge in [-0.3, -0.25) is 10.1 Å². The van der Waals surface area contributed by atoms with Gasteiger partial charge in [-0.1, -0.05) is 12.1 Å². The normalized spacial score (nSPS) is 10.2. The number of rotatable bonds is 3. The first-order valence-electron chi connectivity index (χ1n) is 5.44. The highest BCUT2D eigenvalue weighted by Crippen LogP contribution is 2.40. The summed E-state index contributed by atoms with van der Waals surface area (Å²) >= 11 is 0. The van der Waals surface area contributed by atoms with Crippen LogP contribution in [0.3, 0.4) is 0 Å². The second-order valence-corrected chi connectivity index (χ2v) is 3.93. The number of hydrogen-bond donors (Lipinski definition) is 2. The first-order chi connectivity index (χ1) is 9.02. The van der Waals surface area contributed by atoms with Crippen molar-refractivity contribution >= 4 is 11.4 Å². The van der Waals surface area contributed by atoms with Gasteiger partial charge in [0.25, 0.3) is 0 Å². The van der Waals surface area contributed by atoms with Crippen molar-refractivity contribution in [3.05, 3.63) is 46.5 Å². The number of hydrogen-bond acceptors (Lipinski definition) is 5. The van der Waals surface area contributed by atoms with Gasteiger partial charge in [-0.2, -0.15) is 0 Å². The number of nitrogens with zero attached hydrogens (tertiary/aromatic N) is 1. The van der Waals surface area contributed by atoms with Crippen molar-refractivity contribution in [2.45, 2.75) is 0 Å². The standard InChI is InChI=1S/C13H12N2O4/c1-19-12-7-9(6-11(13(12)16)15(17)18)8-2-4-10(14)5-3-8/h2-7,16H,14H2,1H3. The topological polar surface area (TPSA) is 98.6 Å². The molecule has 0 radical (unpaired) electrons. The van der Waals surface area contributed by atoms with Gasteiger partial charge in [-0.15, -0.1) is 0 Å². The number of phenolic OH excluding ortho intramolecular Hbond substituents is 1. The molecule has 0 saturated heterocycles. The number of aromatic hydroxyl groups is 1. The molecule has 2 rings (SSSR count). The number of benzene rings is 2. The average Bonchev–Trinajstić information content (AvgIpc) is 2.39. The number of nitro benzene ring substituents is 1. The maximum atomic E-state index is 10.9. The van der Waals surface area contributed by atoms with Gasteiger partial charge in [0.2, 0.25) is 5.75 Å². The number of phenols is 1. The Hall–Kier alpha value is -2.76. The highest BCUT2D eigenvalue weighted by molar-refractivity contribution is 5.73. The van der Waals surface area contributed by atoms with Crippen LogP contribution in [0.1, 0.15) is 0 Å². The minimum atomic E-state index is -0.654. The van der Waals surface area contributed by atoms with Gasteiger partial charge in [0, 0.05) is 11.8 Å². The lowest BCUT2D eigenvalue weighted by molar-refractivity contribution is -0.385. The molecular weight excluding hydrogens is 248 g/mol. The Morgan fingerprint density at radius 1 is 1.21 bits per heavy atom. The number of nitrogen functional groups attached to an aromatic ring is 1. The summed E-state index contributed by atoms with van der Waals surface area (Å²) in [7, 11) is 1.34. The smallest absolute Gasteiger partial charge is 0.315 e. The summed E-state index contributed by atoms with van der Waals surface area (Å²) < 4.78 is 4.94. The Balaban J connectivity index is 2.61. The fourth-order valence-corrected chi connectivity index (χ4v) is 1.73. The second kappa shape index (κ2) is 4.85. The molecule has 6 nitrogen and oxygen atoms in total. The van der Waals surface area contributed by atoms with E-state index >= 15 is 0 Å². The van der Waals surface area contributed by atoms with Crippen LogP contribution in [0.5, 0.6) is 11.5 Å². The van der Waals surface area contributed by atoms with E-state index in [4.69, 9.17) is 10.5 Å². The van der Waals surface area contributed by atoms with Crippen molar-refractivity contribution in [3.8, 4) is 22.6 Å². The minimum absolute atomic E-state index is 0.0565. The zero-order chi connectivity index (χ0) is 14.0. The largest absolute Gasteiger partial charge is 0.500 e. The molecule has 0 fully saturated rings. The average molecular weight is 260 g/mol. The van der Waals surface area contributed by atoms with Gasteiger partial charge in [0.05, 0.1) is 12.0 Å². The van der Waals surface area contributed by atoms with E-state index < -0.39 is 16.4 Å². The highest BCUT2D eigenvalue weighted by Gasteiger charge is 2.20. The minimum Gasteiger partial charge on any atom is -0.500 e. The molecule has 0 aliphatic rings. The van der Waals surface area contributed by atoms with Crippen molar-refractivity contribution in [2.24, 2.45) is 0 Å². The van der Waals surface area contributed by atoms with E-state index in [0.717, 1.165) is 5.56 Å². The maximum Gasteiger partial charge on any atom is 0.315 e. The summed E-state index contributed by atoms with van der Waals surface area (Å²) in [5.41, 5.74) is 7.11. The van der Waals surface area contributed by atoms with Crippen LogP contribution >= 0.6 is 0 Å². The molecule has 0 heterocycles. The van der Waals surface area contributed by atoms with Gasteiger partial charge < -0.3 is 15.6 Å². The zero-order valence-corrected chi connectivity index (χ0v) is 10.2. The lowest BCUT2D eigenvalue weighted by Crippen LogP contribution is -1.93. The summed E-state index contributed by atoms with van der Waals surface area (Å²) in [4.78, 5) is 10.2. The molecule has 0 amide bonds. The van der Waals surface area contributed by atoms with E-state index in [1.54, 1.807) is 24.3 Å². The maximum absolute atomic E-state index is 10.9. The molecule has 2 aromatic carbocycles. The molecule has 0 atom stereocenters. The third-order valence-corrected chi connectivity index (χ3v) is 2.72. The Labute approximate surface area is 109 Å². The van der Waals surface area contributed by atoms with Crippen molar-refractivity contribution in [1.82, 2.24) is 0 Å². The summed E-state index contributed by atoms with van der Waals surface area (Å²) in [5.74, 6) is -0.423. The number of anilines is 1. The highest BCUT2D eigenvalue weighted by atomic mass is 16.6. The summed E-state index contributed by atoms with van der Waals surface area (Å²) in [6, 6.07) is 9.70. The third kappa shape index (κ3) is 2.42. The van der Waals surface area contributed by atoms with Crippen LogP contribution in [0.2, 0.25) is 0 Å². The van der Waals surface area contributed by atoms with Gasteiger partial charge in [0.1, 0.15) is 0 Å². The fraction of sp³-hybridized carbons (Fsp3) is 0.0769. The Morgan fingerprint density at radius 2 is 1.84 bits per heavy atom. The lowest BCUT2D eigenvalue weighted by Gasteiger charge is -2.08. The Morgan fingerprint density at radius 3 is 2.37 bits per heavy atom. The molecule has 2 aromatic rings. The predicted molar refractivity (Wildman–Crippen MR) is 71.2 cm³/mol. The lowest BCUT2D eigenvalue weighted by atomic mass is 10.0. The number of ether oxygens (including phenoxy) is 1. The monoisotopic (exact) mass is 260 g/mol. The molecule has 0 aliphatic heterocycles. The summed E-state index contributed by atoms with van der Waals surface area (Å²) in [6.07, 6.45) is 0. The second-order valence-electron chi connectivity index (χ2n) is 3.93. The van der Waals surface area contributed by atoms with E-state index in [9.17, 15) is 15.2 Å². The molecular formula is C13H12N2O4. The van der Waals surface area contributed by atoms with Gasteiger partial charge in [0.15, 0.2) is 5.75 Å². The van der Waals surface area contributed by atoms with Crippen LogP contribution in [0.4, 0.5) is 11.4 Å². The van der Waals surface area contributed by atoms with E-state index in [0.29, 0.717) is 11.3 Å². The fourth-order valence-electron chi connectivity index (χ4n) is 1.73. The Kier molecular flexibility index (Phi) is 3.24. The SMILES string of the molecule is COc1cc(-c2ccc(N)cc2)cc([N+](=O)[O-])c1O. The predicted octanol–water partition coefficient (Wildman–Crippen LogP) is 2.56. The van der Waals surface area contributed by atoms with Crippen LogP contribution < -0.4 is 10.5 Å². The molecule has 0 bridgehead atoms. The third-order valence-electron chi connectivity index (χ3n) is 2.72. The van der Waals surface area contributed by atoms with Crippen molar-refractivity contribution < 1.29 is 14.8 Å². The van der Waals surface area contributed by atoms with E-state index in [1.807, 2.05) is 0 Å². The molecule has 0 unspecified atom stereocenters. The molecule has 19 heavy (non-hydrogen) atoms. The number of methoxy groups -OCH3 is 1. The van der Waals surface area contributed by atoms with Crippen LogP contribution in [-0.4, -0.2) is 17.1 Å². The van der Waals surface area contributed by atoms with E-state index in [1.165, 1.54) is 19.2 Å². The van der Waals surface area contributed by atoms with Crippen LogP contribution in [0.15, 0.2) is 36.4 Å². The van der Waals surface area contributed by atoms with Crippen molar-refractivity contribution in [2.75, 3.05) is 12.8 Å². The summed E-state index contributed by atoms with van der Waals surface area (Å²) in [6.45, 7) is 0. The molecule has 6 heteroatoms. The van der Waals surface area contributed by atoms with Crippen LogP contribution in [0, 0.1) is 10.1 Å². The van der Waals surface area contributed by atoms with Gasteiger partial charge >= 0.3 is 5.69 Å². The molecule has 98 valence electrons. The van der Waals surface area contributed by atoms with Crippen molar-refractivity contribution in [3.63, 3.8) is 0 Å². The van der Waals surface area contributed by atoms with Crippen molar-refractivity contribution in [1.29, 1.82) is 0 Å². The Bertz CT molecular complexity index is 623. The molecule has 0 aromatic heterocycles. The summed E-state index contributed by atoms with van der Waals surface area (Å²) in [5, 5.41) is 20.6. The molecule has 3 N–H and O–H groups in total. The quantitative estimate of drug-likeness (QED) is 0.502. The molecule has 0 aliphatic carbocycles.